The highest BCUT2D eigenvalue weighted by Gasteiger charge is 2.36. The van der Waals surface area contributed by atoms with Crippen molar-refractivity contribution in [3.05, 3.63) is 47.3 Å². The Bertz CT molecular complexity index is 748. The number of aryl methyl sites for hydroxylation is 2. The van der Waals surface area contributed by atoms with Crippen LogP contribution in [0.1, 0.15) is 35.7 Å². The molecule has 124 valence electrons. The Kier molecular flexibility index (Phi) is 4.29. The van der Waals surface area contributed by atoms with Crippen molar-refractivity contribution >= 4 is 17.8 Å². The number of carbonyl (C=O) groups excluding carboxylic acids is 2. The Morgan fingerprint density at radius 1 is 1.00 bits per heavy atom. The van der Waals surface area contributed by atoms with E-state index in [2.05, 4.69) is 9.97 Å². The topological polar surface area (TPSA) is 72.4 Å². The van der Waals surface area contributed by atoms with Gasteiger partial charge in [0.1, 0.15) is 5.75 Å². The number of rotatable bonds is 3. The number of nitrogens with zero attached hydrogens (tertiary/aromatic N) is 3. The van der Waals surface area contributed by atoms with Crippen molar-refractivity contribution in [1.82, 2.24) is 9.97 Å². The van der Waals surface area contributed by atoms with Gasteiger partial charge in [0.15, 0.2) is 0 Å². The average molecular weight is 325 g/mol. The molecule has 6 nitrogen and oxygen atoms in total. The summed E-state index contributed by atoms with van der Waals surface area (Å²) in [5, 5.41) is 0. The molecule has 1 fully saturated rings. The molecule has 6 heteroatoms. The molecule has 24 heavy (non-hydrogen) atoms. The number of amides is 2. The van der Waals surface area contributed by atoms with Crippen LogP contribution in [-0.2, 0) is 9.59 Å². The zero-order valence-corrected chi connectivity index (χ0v) is 13.9. The van der Waals surface area contributed by atoms with Crippen LogP contribution in [0.5, 0.6) is 5.75 Å². The minimum Gasteiger partial charge on any atom is -0.497 e. The molecule has 1 saturated heterocycles. The number of carbonyl (C=O) groups is 2. The molecule has 0 spiro atoms. The van der Waals surface area contributed by atoms with Crippen molar-refractivity contribution in [2.75, 3.05) is 12.0 Å². The first-order valence-corrected chi connectivity index (χ1v) is 7.80. The van der Waals surface area contributed by atoms with Crippen molar-refractivity contribution in [3.63, 3.8) is 0 Å². The smallest absolute Gasteiger partial charge is 0.239 e. The second-order valence-electron chi connectivity index (χ2n) is 5.95. The van der Waals surface area contributed by atoms with Crippen molar-refractivity contribution in [1.29, 1.82) is 0 Å². The number of piperidine rings is 1. The zero-order chi connectivity index (χ0) is 17.3. The molecule has 2 heterocycles. The maximum atomic E-state index is 12.5. The first kappa shape index (κ1) is 16.1. The summed E-state index contributed by atoms with van der Waals surface area (Å²) in [7, 11) is 1.60. The molecular formula is C18H19N3O3. The standard InChI is InChI=1S/C18H19N3O3/c1-11-8-12(2)20-18(19-11)21-16(22)9-14(10-17(21)23)13-4-6-15(24-3)7-5-13/h4-8,14H,9-10H2,1-3H3. The van der Waals surface area contributed by atoms with Gasteiger partial charge >= 0.3 is 0 Å². The quantitative estimate of drug-likeness (QED) is 0.811. The first-order valence-electron chi connectivity index (χ1n) is 7.80. The number of benzene rings is 1. The lowest BCUT2D eigenvalue weighted by atomic mass is 9.88. The van der Waals surface area contributed by atoms with Gasteiger partial charge in [-0.05, 0) is 37.6 Å². The van der Waals surface area contributed by atoms with E-state index in [1.54, 1.807) is 7.11 Å². The van der Waals surface area contributed by atoms with Crippen molar-refractivity contribution < 1.29 is 14.3 Å². The Balaban J connectivity index is 1.83. The molecule has 0 radical (unpaired) electrons. The van der Waals surface area contributed by atoms with Crippen LogP contribution in [0, 0.1) is 13.8 Å². The average Bonchev–Trinajstić information content (AvgIpc) is 2.53. The lowest BCUT2D eigenvalue weighted by Crippen LogP contribution is -2.44. The molecule has 1 aromatic carbocycles. The van der Waals surface area contributed by atoms with Gasteiger partial charge in [-0.1, -0.05) is 12.1 Å². The maximum Gasteiger partial charge on any atom is 0.239 e. The summed E-state index contributed by atoms with van der Waals surface area (Å²) in [5.74, 6) is 0.264. The fourth-order valence-electron chi connectivity index (χ4n) is 2.96. The Morgan fingerprint density at radius 3 is 2.04 bits per heavy atom. The third-order valence-corrected chi connectivity index (χ3v) is 4.10. The highest BCUT2D eigenvalue weighted by molar-refractivity contribution is 6.15. The number of aromatic nitrogens is 2. The van der Waals surface area contributed by atoms with E-state index in [-0.39, 0.29) is 36.5 Å². The summed E-state index contributed by atoms with van der Waals surface area (Å²) in [6, 6.07) is 9.27. The van der Waals surface area contributed by atoms with Crippen LogP contribution in [-0.4, -0.2) is 28.9 Å². The van der Waals surface area contributed by atoms with Gasteiger partial charge < -0.3 is 4.74 Å². The van der Waals surface area contributed by atoms with E-state index < -0.39 is 0 Å². The fraction of sp³-hybridized carbons (Fsp3) is 0.333. The van der Waals surface area contributed by atoms with Gasteiger partial charge in [0.25, 0.3) is 0 Å². The summed E-state index contributed by atoms with van der Waals surface area (Å²) in [4.78, 5) is 34.7. The molecule has 0 atom stereocenters. The molecular weight excluding hydrogens is 306 g/mol. The summed E-state index contributed by atoms with van der Waals surface area (Å²) < 4.78 is 5.14. The summed E-state index contributed by atoms with van der Waals surface area (Å²) in [5.41, 5.74) is 2.42. The van der Waals surface area contributed by atoms with E-state index >= 15 is 0 Å². The SMILES string of the molecule is COc1ccc(C2CC(=O)N(c3nc(C)cc(C)n3)C(=O)C2)cc1. The van der Waals surface area contributed by atoms with Crippen LogP contribution in [0.25, 0.3) is 0 Å². The molecule has 0 N–H and O–H groups in total. The molecule has 1 aliphatic rings. The molecule has 3 rings (SSSR count). The first-order chi connectivity index (χ1) is 11.5. The predicted molar refractivity (Wildman–Crippen MR) is 89.0 cm³/mol. The third kappa shape index (κ3) is 3.13. The van der Waals surface area contributed by atoms with Crippen molar-refractivity contribution in [3.8, 4) is 5.75 Å². The largest absolute Gasteiger partial charge is 0.497 e. The van der Waals surface area contributed by atoms with E-state index in [1.807, 2.05) is 44.2 Å². The zero-order valence-electron chi connectivity index (χ0n) is 13.9. The number of methoxy groups -OCH3 is 1. The lowest BCUT2D eigenvalue weighted by molar-refractivity contribution is -0.129. The van der Waals surface area contributed by atoms with Crippen LogP contribution in [0.4, 0.5) is 5.95 Å². The van der Waals surface area contributed by atoms with Crippen LogP contribution in [0.3, 0.4) is 0 Å². The van der Waals surface area contributed by atoms with E-state index in [0.29, 0.717) is 0 Å². The molecule has 2 aromatic rings. The molecule has 1 aromatic heterocycles. The molecule has 0 bridgehead atoms. The maximum absolute atomic E-state index is 12.5. The van der Waals surface area contributed by atoms with Crippen molar-refractivity contribution in [2.45, 2.75) is 32.6 Å². The van der Waals surface area contributed by atoms with Crippen molar-refractivity contribution in [2.24, 2.45) is 0 Å². The highest BCUT2D eigenvalue weighted by Crippen LogP contribution is 2.32. The van der Waals surface area contributed by atoms with Gasteiger partial charge in [-0.15, -0.1) is 0 Å². The highest BCUT2D eigenvalue weighted by atomic mass is 16.5. The summed E-state index contributed by atoms with van der Waals surface area (Å²) in [6.07, 6.45) is 0.517. The predicted octanol–water partition coefficient (Wildman–Crippen LogP) is 2.54. The molecule has 0 saturated carbocycles. The van der Waals surface area contributed by atoms with Crippen LogP contribution in [0.15, 0.2) is 30.3 Å². The Hall–Kier alpha value is -2.76. The molecule has 1 aliphatic heterocycles. The normalized spacial score (nSPS) is 15.7. The van der Waals surface area contributed by atoms with E-state index in [9.17, 15) is 9.59 Å². The Labute approximate surface area is 140 Å². The van der Waals surface area contributed by atoms with Crippen LogP contribution < -0.4 is 9.64 Å². The second kappa shape index (κ2) is 6.39. The van der Waals surface area contributed by atoms with Gasteiger partial charge in [0, 0.05) is 30.1 Å². The minimum atomic E-state index is -0.267. The summed E-state index contributed by atoms with van der Waals surface area (Å²) >= 11 is 0. The minimum absolute atomic E-state index is 0.127. The second-order valence-corrected chi connectivity index (χ2v) is 5.95. The van der Waals surface area contributed by atoms with Crippen LogP contribution >= 0.6 is 0 Å². The van der Waals surface area contributed by atoms with Gasteiger partial charge in [-0.3, -0.25) is 9.59 Å². The van der Waals surface area contributed by atoms with Gasteiger partial charge in [-0.2, -0.15) is 0 Å². The number of ether oxygens (including phenoxy) is 1. The monoisotopic (exact) mass is 325 g/mol. The van der Waals surface area contributed by atoms with Gasteiger partial charge in [0.2, 0.25) is 17.8 Å². The number of hydrogen-bond donors (Lipinski definition) is 0. The molecule has 0 aliphatic carbocycles. The molecule has 2 amide bonds. The van der Waals surface area contributed by atoms with E-state index in [4.69, 9.17) is 4.74 Å². The Morgan fingerprint density at radius 2 is 1.54 bits per heavy atom. The molecule has 0 unspecified atom stereocenters. The summed E-state index contributed by atoms with van der Waals surface area (Å²) in [6.45, 7) is 3.63. The van der Waals surface area contributed by atoms with Gasteiger partial charge in [0.05, 0.1) is 7.11 Å². The fourth-order valence-corrected chi connectivity index (χ4v) is 2.96. The van der Waals surface area contributed by atoms with Crippen LogP contribution in [0.2, 0.25) is 0 Å². The van der Waals surface area contributed by atoms with Gasteiger partial charge in [-0.25, -0.2) is 14.9 Å². The lowest BCUT2D eigenvalue weighted by Gasteiger charge is -2.29. The third-order valence-electron chi connectivity index (χ3n) is 4.10. The van der Waals surface area contributed by atoms with E-state index in [0.717, 1.165) is 27.6 Å². The number of imide groups is 1. The number of anilines is 1. The number of hydrogen-bond acceptors (Lipinski definition) is 5. The van der Waals surface area contributed by atoms with E-state index in [1.165, 1.54) is 0 Å².